The predicted octanol–water partition coefficient (Wildman–Crippen LogP) is 3.69. The van der Waals surface area contributed by atoms with Gasteiger partial charge in [-0.25, -0.2) is 10.4 Å². The number of hydrogen-bond donors (Lipinski definition) is 2. The fraction of sp³-hybridized carbons (Fsp3) is 0.150. The van der Waals surface area contributed by atoms with Crippen LogP contribution in [-0.4, -0.2) is 17.1 Å². The summed E-state index contributed by atoms with van der Waals surface area (Å²) in [6.07, 6.45) is 1.57. The number of nitrogen functional groups attached to an aromatic ring is 1. The van der Waals surface area contributed by atoms with E-state index in [0.717, 1.165) is 28.2 Å². The molecule has 1 aromatic heterocycles. The van der Waals surface area contributed by atoms with E-state index in [0.29, 0.717) is 22.3 Å². The van der Waals surface area contributed by atoms with Crippen LogP contribution >= 0.6 is 11.3 Å². The number of nitrogens with one attached hydrogen (secondary N) is 1. The lowest BCUT2D eigenvalue weighted by Crippen LogP contribution is -2.17. The second-order valence-corrected chi connectivity index (χ2v) is 6.98. The van der Waals surface area contributed by atoms with Crippen LogP contribution in [0, 0.1) is 13.8 Å². The molecule has 3 rings (SSSR count). The van der Waals surface area contributed by atoms with Gasteiger partial charge in [-0.3, -0.25) is 4.79 Å². The predicted molar refractivity (Wildman–Crippen MR) is 108 cm³/mol. The lowest BCUT2D eigenvalue weighted by atomic mass is 10.1. The molecule has 6 nitrogen and oxygen atoms in total. The van der Waals surface area contributed by atoms with Crippen molar-refractivity contribution in [2.45, 2.75) is 20.5 Å². The number of ether oxygens (including phenoxy) is 1. The van der Waals surface area contributed by atoms with Crippen LogP contribution in [-0.2, 0) is 6.61 Å². The first-order valence-electron chi connectivity index (χ1n) is 8.36. The van der Waals surface area contributed by atoms with Gasteiger partial charge in [-0.05, 0) is 54.8 Å². The molecular formula is C20H20N4O2S. The van der Waals surface area contributed by atoms with Crippen LogP contribution < -0.4 is 15.9 Å². The molecule has 3 aromatic rings. The van der Waals surface area contributed by atoms with Gasteiger partial charge < -0.3 is 10.5 Å². The molecule has 0 atom stereocenters. The summed E-state index contributed by atoms with van der Waals surface area (Å²) in [5.41, 5.74) is 11.9. The first-order chi connectivity index (χ1) is 13.0. The van der Waals surface area contributed by atoms with Crippen LogP contribution in [0.4, 0.5) is 5.13 Å². The van der Waals surface area contributed by atoms with Crippen molar-refractivity contribution in [3.63, 3.8) is 0 Å². The summed E-state index contributed by atoms with van der Waals surface area (Å²) in [6.45, 7) is 4.32. The number of thiazole rings is 1. The maximum Gasteiger partial charge on any atom is 0.283 e. The molecule has 0 aliphatic heterocycles. The Bertz CT molecular complexity index is 964. The number of amides is 1. The van der Waals surface area contributed by atoms with Crippen molar-refractivity contribution in [2.75, 3.05) is 5.73 Å². The number of rotatable bonds is 6. The SMILES string of the molecule is Cc1ccccc1COc1ccc(C=NNC(=O)c2sc(N)nc2C)cc1. The second-order valence-electron chi connectivity index (χ2n) is 5.95. The Balaban J connectivity index is 1.54. The fourth-order valence-electron chi connectivity index (χ4n) is 2.43. The van der Waals surface area contributed by atoms with Crippen LogP contribution in [0.2, 0.25) is 0 Å². The van der Waals surface area contributed by atoms with E-state index in [4.69, 9.17) is 10.5 Å². The third-order valence-electron chi connectivity index (χ3n) is 3.93. The summed E-state index contributed by atoms with van der Waals surface area (Å²) in [5, 5.41) is 4.34. The van der Waals surface area contributed by atoms with Gasteiger partial charge in [0.25, 0.3) is 5.91 Å². The number of carbonyl (C=O) groups excluding carboxylic acids is 1. The highest BCUT2D eigenvalue weighted by molar-refractivity contribution is 7.17. The average molecular weight is 380 g/mol. The number of nitrogens with zero attached hydrogens (tertiary/aromatic N) is 2. The molecule has 1 heterocycles. The summed E-state index contributed by atoms with van der Waals surface area (Å²) < 4.78 is 5.81. The largest absolute Gasteiger partial charge is 0.489 e. The van der Waals surface area contributed by atoms with Crippen molar-refractivity contribution >= 4 is 28.6 Å². The first-order valence-corrected chi connectivity index (χ1v) is 9.18. The zero-order valence-corrected chi connectivity index (χ0v) is 15.9. The highest BCUT2D eigenvalue weighted by atomic mass is 32.1. The topological polar surface area (TPSA) is 89.6 Å². The zero-order valence-electron chi connectivity index (χ0n) is 15.1. The number of carbonyl (C=O) groups is 1. The molecular weight excluding hydrogens is 360 g/mol. The molecule has 7 heteroatoms. The van der Waals surface area contributed by atoms with Crippen LogP contribution in [0.1, 0.15) is 32.1 Å². The minimum atomic E-state index is -0.323. The normalized spacial score (nSPS) is 10.9. The third-order valence-corrected chi connectivity index (χ3v) is 4.92. The van der Waals surface area contributed by atoms with Crippen molar-refractivity contribution in [3.05, 3.63) is 75.8 Å². The van der Waals surface area contributed by atoms with Gasteiger partial charge in [0.2, 0.25) is 0 Å². The van der Waals surface area contributed by atoms with E-state index in [2.05, 4.69) is 34.6 Å². The molecule has 0 spiro atoms. The van der Waals surface area contributed by atoms with Gasteiger partial charge in [0.05, 0.1) is 11.9 Å². The highest BCUT2D eigenvalue weighted by Gasteiger charge is 2.13. The third kappa shape index (κ3) is 4.92. The fourth-order valence-corrected chi connectivity index (χ4v) is 3.15. The Morgan fingerprint density at radius 1 is 1.22 bits per heavy atom. The molecule has 27 heavy (non-hydrogen) atoms. The monoisotopic (exact) mass is 380 g/mol. The minimum absolute atomic E-state index is 0.323. The van der Waals surface area contributed by atoms with E-state index in [1.807, 2.05) is 36.4 Å². The second kappa shape index (κ2) is 8.46. The van der Waals surface area contributed by atoms with Crippen molar-refractivity contribution in [3.8, 4) is 5.75 Å². The van der Waals surface area contributed by atoms with Gasteiger partial charge in [-0.1, -0.05) is 35.6 Å². The molecule has 0 radical (unpaired) electrons. The first kappa shape index (κ1) is 18.6. The molecule has 138 valence electrons. The van der Waals surface area contributed by atoms with Crippen LogP contribution in [0.5, 0.6) is 5.75 Å². The summed E-state index contributed by atoms with van der Waals surface area (Å²) in [4.78, 5) is 16.5. The summed E-state index contributed by atoms with van der Waals surface area (Å²) >= 11 is 1.14. The molecule has 0 saturated carbocycles. The van der Waals surface area contributed by atoms with Gasteiger partial charge in [-0.2, -0.15) is 5.10 Å². The summed E-state index contributed by atoms with van der Waals surface area (Å²) in [5.74, 6) is 0.450. The summed E-state index contributed by atoms with van der Waals surface area (Å²) in [7, 11) is 0. The molecule has 0 aliphatic carbocycles. The van der Waals surface area contributed by atoms with E-state index in [1.165, 1.54) is 5.56 Å². The molecule has 0 saturated heterocycles. The molecule has 2 aromatic carbocycles. The lowest BCUT2D eigenvalue weighted by molar-refractivity contribution is 0.0958. The quantitative estimate of drug-likeness (QED) is 0.504. The molecule has 0 bridgehead atoms. The molecule has 0 fully saturated rings. The van der Waals surface area contributed by atoms with Crippen LogP contribution in [0.25, 0.3) is 0 Å². The Labute approximate surface area is 161 Å². The standard InChI is InChI=1S/C20H20N4O2S/c1-13-5-3-4-6-16(13)12-26-17-9-7-15(8-10-17)11-22-24-19(25)18-14(2)23-20(21)27-18/h3-11H,12H2,1-2H3,(H2,21,23)(H,24,25). The molecule has 0 aliphatic rings. The smallest absolute Gasteiger partial charge is 0.283 e. The van der Waals surface area contributed by atoms with E-state index in [1.54, 1.807) is 13.1 Å². The number of aryl methyl sites for hydroxylation is 2. The summed E-state index contributed by atoms with van der Waals surface area (Å²) in [6, 6.07) is 15.6. The van der Waals surface area contributed by atoms with Gasteiger partial charge >= 0.3 is 0 Å². The zero-order chi connectivity index (χ0) is 19.2. The van der Waals surface area contributed by atoms with Crippen molar-refractivity contribution in [1.29, 1.82) is 0 Å². The van der Waals surface area contributed by atoms with Crippen molar-refractivity contribution in [2.24, 2.45) is 5.10 Å². The number of hydrazone groups is 1. The van der Waals surface area contributed by atoms with Gasteiger partial charge in [0.1, 0.15) is 17.2 Å². The van der Waals surface area contributed by atoms with Crippen LogP contribution in [0.15, 0.2) is 53.6 Å². The Morgan fingerprint density at radius 2 is 1.96 bits per heavy atom. The average Bonchev–Trinajstić information content (AvgIpc) is 3.00. The molecule has 3 N–H and O–H groups in total. The Kier molecular flexibility index (Phi) is 5.83. The van der Waals surface area contributed by atoms with Crippen molar-refractivity contribution < 1.29 is 9.53 Å². The Hall–Kier alpha value is -3.19. The van der Waals surface area contributed by atoms with Gasteiger partial charge in [0, 0.05) is 0 Å². The number of hydrogen-bond acceptors (Lipinski definition) is 6. The molecule has 1 amide bonds. The van der Waals surface area contributed by atoms with Gasteiger partial charge in [0.15, 0.2) is 5.13 Å². The highest BCUT2D eigenvalue weighted by Crippen LogP contribution is 2.19. The number of aromatic nitrogens is 1. The maximum absolute atomic E-state index is 12.0. The van der Waals surface area contributed by atoms with Gasteiger partial charge in [-0.15, -0.1) is 0 Å². The minimum Gasteiger partial charge on any atom is -0.489 e. The number of nitrogens with two attached hydrogens (primary N) is 1. The van der Waals surface area contributed by atoms with Crippen molar-refractivity contribution in [1.82, 2.24) is 10.4 Å². The number of benzene rings is 2. The van der Waals surface area contributed by atoms with E-state index in [-0.39, 0.29) is 5.91 Å². The number of anilines is 1. The van der Waals surface area contributed by atoms with E-state index >= 15 is 0 Å². The Morgan fingerprint density at radius 3 is 2.63 bits per heavy atom. The van der Waals surface area contributed by atoms with Crippen LogP contribution in [0.3, 0.4) is 0 Å². The molecule has 0 unspecified atom stereocenters. The van der Waals surface area contributed by atoms with E-state index in [9.17, 15) is 4.79 Å². The lowest BCUT2D eigenvalue weighted by Gasteiger charge is -2.08. The maximum atomic E-state index is 12.0. The van der Waals surface area contributed by atoms with E-state index < -0.39 is 0 Å².